The van der Waals surface area contributed by atoms with Crippen molar-refractivity contribution in [2.75, 3.05) is 6.54 Å². The van der Waals surface area contributed by atoms with Crippen LogP contribution < -0.4 is 5.32 Å². The molecule has 2 aromatic rings. The predicted octanol–water partition coefficient (Wildman–Crippen LogP) is 3.12. The lowest BCUT2D eigenvalue weighted by Crippen LogP contribution is -2.36. The van der Waals surface area contributed by atoms with Gasteiger partial charge in [0.05, 0.1) is 5.56 Å². The smallest absolute Gasteiger partial charge is 0.339 e. The average molecular weight is 323 g/mol. The molecule has 0 bridgehead atoms. The number of nitrogens with one attached hydrogen (secondary N) is 1. The Morgan fingerprint density at radius 1 is 1.12 bits per heavy atom. The lowest BCUT2D eigenvalue weighted by Gasteiger charge is -2.14. The maximum absolute atomic E-state index is 12.4. The minimum absolute atomic E-state index is 0.339. The number of rotatable bonds is 7. The van der Waals surface area contributed by atoms with Crippen LogP contribution in [0, 0.1) is 0 Å². The highest BCUT2D eigenvalue weighted by molar-refractivity contribution is 5.93. The number of hydrogen-bond donors (Lipinski definition) is 1. The molecule has 4 nitrogen and oxygen atoms in total. The van der Waals surface area contributed by atoms with E-state index in [2.05, 4.69) is 11.9 Å². The zero-order valence-electron chi connectivity index (χ0n) is 13.7. The number of amides is 1. The molecule has 0 saturated carbocycles. The third kappa shape index (κ3) is 4.81. The van der Waals surface area contributed by atoms with Crippen molar-refractivity contribution in [3.63, 3.8) is 0 Å². The molecule has 2 aromatic carbocycles. The van der Waals surface area contributed by atoms with Crippen LogP contribution >= 0.6 is 0 Å². The Morgan fingerprint density at radius 2 is 1.79 bits per heavy atom. The van der Waals surface area contributed by atoms with Crippen molar-refractivity contribution >= 4 is 11.9 Å². The summed E-state index contributed by atoms with van der Waals surface area (Å²) in [7, 11) is 0. The summed E-state index contributed by atoms with van der Waals surface area (Å²) in [4.78, 5) is 24.2. The normalized spacial score (nSPS) is 11.4. The molecule has 0 saturated heterocycles. The van der Waals surface area contributed by atoms with Gasteiger partial charge in [0.25, 0.3) is 5.91 Å². The van der Waals surface area contributed by atoms with E-state index in [0.29, 0.717) is 18.5 Å². The van der Waals surface area contributed by atoms with Gasteiger partial charge in [-0.05, 0) is 30.5 Å². The summed E-state index contributed by atoms with van der Waals surface area (Å²) in [6, 6.07) is 17.2. The molecular weight excluding hydrogens is 302 g/mol. The van der Waals surface area contributed by atoms with Gasteiger partial charge in [-0.15, -0.1) is 6.58 Å². The van der Waals surface area contributed by atoms with Crippen molar-refractivity contribution in [1.82, 2.24) is 5.32 Å². The first kappa shape index (κ1) is 17.5. The van der Waals surface area contributed by atoms with E-state index in [0.717, 1.165) is 11.1 Å². The van der Waals surface area contributed by atoms with Crippen LogP contribution in [0.5, 0.6) is 0 Å². The monoisotopic (exact) mass is 323 g/mol. The second-order valence-electron chi connectivity index (χ2n) is 5.40. The van der Waals surface area contributed by atoms with Gasteiger partial charge in [0.15, 0.2) is 6.10 Å². The zero-order valence-corrected chi connectivity index (χ0v) is 13.7. The minimum Gasteiger partial charge on any atom is -0.449 e. The van der Waals surface area contributed by atoms with Gasteiger partial charge in [0.2, 0.25) is 0 Å². The first-order valence-corrected chi connectivity index (χ1v) is 7.83. The molecule has 1 N–H and O–H groups in total. The van der Waals surface area contributed by atoms with Gasteiger partial charge >= 0.3 is 5.97 Å². The molecule has 0 aliphatic rings. The molecule has 1 amide bonds. The van der Waals surface area contributed by atoms with E-state index >= 15 is 0 Å². The lowest BCUT2D eigenvalue weighted by molar-refractivity contribution is -0.128. The van der Waals surface area contributed by atoms with E-state index in [4.69, 9.17) is 4.74 Å². The zero-order chi connectivity index (χ0) is 17.4. The van der Waals surface area contributed by atoms with E-state index in [1.165, 1.54) is 0 Å². The SMILES string of the molecule is C=CCNC(=O)[C@@H](C)OC(=O)c1ccccc1Cc1ccccc1. The highest BCUT2D eigenvalue weighted by Gasteiger charge is 2.20. The summed E-state index contributed by atoms with van der Waals surface area (Å²) < 4.78 is 5.29. The van der Waals surface area contributed by atoms with Crippen LogP contribution in [0.25, 0.3) is 0 Å². The molecule has 0 spiro atoms. The fraction of sp³-hybridized carbons (Fsp3) is 0.200. The van der Waals surface area contributed by atoms with E-state index in [9.17, 15) is 9.59 Å². The van der Waals surface area contributed by atoms with E-state index in [-0.39, 0.29) is 5.91 Å². The molecule has 1 atom stereocenters. The number of benzene rings is 2. The Morgan fingerprint density at radius 3 is 2.50 bits per heavy atom. The predicted molar refractivity (Wildman–Crippen MR) is 93.8 cm³/mol. The van der Waals surface area contributed by atoms with Gasteiger partial charge in [-0.2, -0.15) is 0 Å². The molecule has 24 heavy (non-hydrogen) atoms. The first-order valence-electron chi connectivity index (χ1n) is 7.83. The number of hydrogen-bond acceptors (Lipinski definition) is 3. The fourth-order valence-corrected chi connectivity index (χ4v) is 2.28. The molecule has 0 radical (unpaired) electrons. The molecule has 2 rings (SSSR count). The van der Waals surface area contributed by atoms with E-state index in [1.54, 1.807) is 25.1 Å². The number of carbonyl (C=O) groups is 2. The second kappa shape index (κ2) is 8.67. The first-order chi connectivity index (χ1) is 11.6. The van der Waals surface area contributed by atoms with Crippen molar-refractivity contribution < 1.29 is 14.3 Å². The summed E-state index contributed by atoms with van der Waals surface area (Å²) in [5, 5.41) is 2.61. The maximum atomic E-state index is 12.4. The lowest BCUT2D eigenvalue weighted by atomic mass is 10.00. The standard InChI is InChI=1S/C20H21NO3/c1-3-13-21-19(22)15(2)24-20(23)18-12-8-7-11-17(18)14-16-9-5-4-6-10-16/h3-12,15H,1,13-14H2,2H3,(H,21,22)/t15-/m1/s1. The summed E-state index contributed by atoms with van der Waals surface area (Å²) in [6.07, 6.45) is 1.34. The summed E-state index contributed by atoms with van der Waals surface area (Å²) >= 11 is 0. The number of esters is 1. The number of ether oxygens (including phenoxy) is 1. The van der Waals surface area contributed by atoms with Crippen molar-refractivity contribution in [3.05, 3.63) is 83.9 Å². The van der Waals surface area contributed by atoms with Crippen LogP contribution in [0.4, 0.5) is 0 Å². The van der Waals surface area contributed by atoms with Gasteiger partial charge in [0, 0.05) is 6.54 Å². The maximum Gasteiger partial charge on any atom is 0.339 e. The van der Waals surface area contributed by atoms with Crippen molar-refractivity contribution in [2.45, 2.75) is 19.4 Å². The molecule has 0 aliphatic heterocycles. The average Bonchev–Trinajstić information content (AvgIpc) is 2.60. The van der Waals surface area contributed by atoms with Gasteiger partial charge in [0.1, 0.15) is 0 Å². The second-order valence-corrected chi connectivity index (χ2v) is 5.40. The third-order valence-electron chi connectivity index (χ3n) is 3.55. The Kier molecular flexibility index (Phi) is 6.32. The van der Waals surface area contributed by atoms with Gasteiger partial charge in [-0.25, -0.2) is 4.79 Å². The molecule has 0 aromatic heterocycles. The molecule has 0 heterocycles. The van der Waals surface area contributed by atoms with Gasteiger partial charge in [-0.3, -0.25) is 4.79 Å². The quantitative estimate of drug-likeness (QED) is 0.629. The van der Waals surface area contributed by atoms with Crippen molar-refractivity contribution in [2.24, 2.45) is 0 Å². The minimum atomic E-state index is -0.859. The number of carbonyl (C=O) groups excluding carboxylic acids is 2. The van der Waals surface area contributed by atoms with E-state index in [1.807, 2.05) is 42.5 Å². The van der Waals surface area contributed by atoms with Crippen molar-refractivity contribution in [1.29, 1.82) is 0 Å². The summed E-state index contributed by atoms with van der Waals surface area (Å²) in [5.74, 6) is -0.841. The Balaban J connectivity index is 2.09. The molecule has 0 fully saturated rings. The van der Waals surface area contributed by atoms with Crippen LogP contribution in [0.15, 0.2) is 67.3 Å². The summed E-state index contributed by atoms with van der Waals surface area (Å²) in [6.45, 7) is 5.42. The summed E-state index contributed by atoms with van der Waals surface area (Å²) in [5.41, 5.74) is 2.45. The van der Waals surface area contributed by atoms with Crippen LogP contribution in [0.2, 0.25) is 0 Å². The van der Waals surface area contributed by atoms with Gasteiger partial charge in [-0.1, -0.05) is 54.6 Å². The van der Waals surface area contributed by atoms with Gasteiger partial charge < -0.3 is 10.1 Å². The van der Waals surface area contributed by atoms with Crippen LogP contribution in [-0.2, 0) is 16.0 Å². The molecule has 0 unspecified atom stereocenters. The van der Waals surface area contributed by atoms with E-state index < -0.39 is 12.1 Å². The largest absolute Gasteiger partial charge is 0.449 e. The molecule has 0 aliphatic carbocycles. The Hall–Kier alpha value is -2.88. The van der Waals surface area contributed by atoms with Crippen molar-refractivity contribution in [3.8, 4) is 0 Å². The van der Waals surface area contributed by atoms with Crippen LogP contribution in [0.1, 0.15) is 28.4 Å². The van der Waals surface area contributed by atoms with Crippen LogP contribution in [-0.4, -0.2) is 24.5 Å². The third-order valence-corrected chi connectivity index (χ3v) is 3.55. The highest BCUT2D eigenvalue weighted by atomic mass is 16.5. The highest BCUT2D eigenvalue weighted by Crippen LogP contribution is 2.16. The molecular formula is C20H21NO3. The Labute approximate surface area is 142 Å². The Bertz CT molecular complexity index is 710. The molecule has 124 valence electrons. The van der Waals surface area contributed by atoms with Crippen LogP contribution in [0.3, 0.4) is 0 Å². The fourth-order valence-electron chi connectivity index (χ4n) is 2.28. The molecule has 4 heteroatoms. The topological polar surface area (TPSA) is 55.4 Å².